The molecule has 16 heavy (non-hydrogen) atoms. The van der Waals surface area contributed by atoms with Gasteiger partial charge in [-0.05, 0) is 36.8 Å². The maximum atomic E-state index is 5.94. The third-order valence-electron chi connectivity index (χ3n) is 3.53. The first-order chi connectivity index (χ1) is 7.57. The normalized spacial score (nSPS) is 24.0. The summed E-state index contributed by atoms with van der Waals surface area (Å²) in [6.07, 6.45) is 5.16. The van der Waals surface area contributed by atoms with Gasteiger partial charge in [0.05, 0.1) is 11.4 Å². The molecule has 1 saturated carbocycles. The Morgan fingerprint density at radius 1 is 1.31 bits per heavy atom. The molecular formula is C14H22N2. The second kappa shape index (κ2) is 4.36. The van der Waals surface area contributed by atoms with Gasteiger partial charge in [0, 0.05) is 6.04 Å². The summed E-state index contributed by atoms with van der Waals surface area (Å²) in [5.74, 6) is 0. The molecule has 1 aliphatic rings. The van der Waals surface area contributed by atoms with Gasteiger partial charge in [-0.15, -0.1) is 0 Å². The number of anilines is 2. The topological polar surface area (TPSA) is 38.0 Å². The Balaban J connectivity index is 2.02. The molecule has 3 N–H and O–H groups in total. The number of nitrogens with one attached hydrogen (secondary N) is 1. The number of hydrogen-bond donors (Lipinski definition) is 2. The minimum absolute atomic E-state index is 0.472. The second-order valence-electron chi connectivity index (χ2n) is 5.69. The molecule has 1 atom stereocenters. The van der Waals surface area contributed by atoms with Crippen molar-refractivity contribution in [1.82, 2.24) is 0 Å². The van der Waals surface area contributed by atoms with Crippen molar-refractivity contribution in [1.29, 1.82) is 0 Å². The van der Waals surface area contributed by atoms with Crippen molar-refractivity contribution in [3.05, 3.63) is 24.3 Å². The molecule has 0 spiro atoms. The zero-order valence-corrected chi connectivity index (χ0v) is 10.3. The van der Waals surface area contributed by atoms with Gasteiger partial charge in [-0.2, -0.15) is 0 Å². The first-order valence-electron chi connectivity index (χ1n) is 6.18. The molecule has 2 nitrogen and oxygen atoms in total. The minimum atomic E-state index is 0.472. The van der Waals surface area contributed by atoms with Crippen LogP contribution in [-0.2, 0) is 0 Å². The largest absolute Gasteiger partial charge is 0.397 e. The van der Waals surface area contributed by atoms with Crippen LogP contribution in [0.1, 0.15) is 39.5 Å². The molecule has 1 fully saturated rings. The standard InChI is InChI=1S/C14H22N2/c1-14(2)9-5-6-11(10-14)16-13-8-4-3-7-12(13)15/h3-4,7-8,11,16H,5-6,9-10,15H2,1-2H3/t11-/m0/s1. The molecule has 88 valence electrons. The molecule has 1 aromatic rings. The van der Waals surface area contributed by atoms with Crippen LogP contribution in [0.15, 0.2) is 24.3 Å². The van der Waals surface area contributed by atoms with Crippen molar-refractivity contribution in [3.63, 3.8) is 0 Å². The number of hydrogen-bond acceptors (Lipinski definition) is 2. The molecule has 0 saturated heterocycles. The van der Waals surface area contributed by atoms with Crippen LogP contribution in [-0.4, -0.2) is 6.04 Å². The van der Waals surface area contributed by atoms with Crippen LogP contribution < -0.4 is 11.1 Å². The summed E-state index contributed by atoms with van der Waals surface area (Å²) in [4.78, 5) is 0. The van der Waals surface area contributed by atoms with Crippen molar-refractivity contribution in [2.45, 2.75) is 45.6 Å². The van der Waals surface area contributed by atoms with Crippen molar-refractivity contribution < 1.29 is 0 Å². The fourth-order valence-corrected chi connectivity index (χ4v) is 2.67. The van der Waals surface area contributed by atoms with E-state index >= 15 is 0 Å². The van der Waals surface area contributed by atoms with Gasteiger partial charge in [-0.25, -0.2) is 0 Å². The highest BCUT2D eigenvalue weighted by Gasteiger charge is 2.27. The lowest BCUT2D eigenvalue weighted by molar-refractivity contribution is 0.229. The Morgan fingerprint density at radius 2 is 2.06 bits per heavy atom. The third kappa shape index (κ3) is 2.69. The molecule has 1 aromatic carbocycles. The van der Waals surface area contributed by atoms with E-state index in [0.717, 1.165) is 11.4 Å². The SMILES string of the molecule is CC1(C)CCC[C@H](Nc2ccccc2N)C1. The molecule has 0 unspecified atom stereocenters. The smallest absolute Gasteiger partial charge is 0.0576 e. The van der Waals surface area contributed by atoms with Crippen LogP contribution in [0.5, 0.6) is 0 Å². The first kappa shape index (κ1) is 11.3. The van der Waals surface area contributed by atoms with Crippen molar-refractivity contribution in [2.24, 2.45) is 5.41 Å². The van der Waals surface area contributed by atoms with Crippen molar-refractivity contribution in [3.8, 4) is 0 Å². The predicted octanol–water partition coefficient (Wildman–Crippen LogP) is 3.65. The highest BCUT2D eigenvalue weighted by molar-refractivity contribution is 5.65. The lowest BCUT2D eigenvalue weighted by atomic mass is 9.75. The molecule has 2 rings (SSSR count). The van der Waals surface area contributed by atoms with Gasteiger partial charge in [-0.1, -0.05) is 32.4 Å². The van der Waals surface area contributed by atoms with Crippen LogP contribution >= 0.6 is 0 Å². The minimum Gasteiger partial charge on any atom is -0.397 e. The predicted molar refractivity (Wildman–Crippen MR) is 70.5 cm³/mol. The molecule has 0 aromatic heterocycles. The van der Waals surface area contributed by atoms with Gasteiger partial charge in [-0.3, -0.25) is 0 Å². The average molecular weight is 218 g/mol. The van der Waals surface area contributed by atoms with E-state index in [1.807, 2.05) is 18.2 Å². The van der Waals surface area contributed by atoms with Crippen LogP contribution in [0.25, 0.3) is 0 Å². The number of nitrogen functional groups attached to an aromatic ring is 1. The lowest BCUT2D eigenvalue weighted by Crippen LogP contribution is -2.31. The fourth-order valence-electron chi connectivity index (χ4n) is 2.67. The maximum absolute atomic E-state index is 5.94. The van der Waals surface area contributed by atoms with Crippen molar-refractivity contribution >= 4 is 11.4 Å². The summed E-state index contributed by atoms with van der Waals surface area (Å²) in [5.41, 5.74) is 8.36. The van der Waals surface area contributed by atoms with Gasteiger partial charge >= 0.3 is 0 Å². The van der Waals surface area contributed by atoms with Gasteiger partial charge < -0.3 is 11.1 Å². The summed E-state index contributed by atoms with van der Waals surface area (Å²) in [7, 11) is 0. The molecule has 0 bridgehead atoms. The van der Waals surface area contributed by atoms with Gasteiger partial charge in [0.25, 0.3) is 0 Å². The fraction of sp³-hybridized carbons (Fsp3) is 0.571. The molecule has 1 aliphatic carbocycles. The lowest BCUT2D eigenvalue weighted by Gasteiger charge is -2.36. The van der Waals surface area contributed by atoms with Crippen molar-refractivity contribution in [2.75, 3.05) is 11.1 Å². The summed E-state index contributed by atoms with van der Waals surface area (Å²) in [6, 6.07) is 8.61. The number of nitrogens with two attached hydrogens (primary N) is 1. The quantitative estimate of drug-likeness (QED) is 0.744. The van der Waals surface area contributed by atoms with Crippen LogP contribution in [0, 0.1) is 5.41 Å². The highest BCUT2D eigenvalue weighted by atomic mass is 14.9. The number of rotatable bonds is 2. The van der Waals surface area contributed by atoms with E-state index in [0.29, 0.717) is 11.5 Å². The summed E-state index contributed by atoms with van der Waals surface area (Å²) in [6.45, 7) is 4.71. The molecule has 0 amide bonds. The summed E-state index contributed by atoms with van der Waals surface area (Å²) in [5, 5.41) is 3.58. The second-order valence-corrected chi connectivity index (χ2v) is 5.69. The van der Waals surface area contributed by atoms with Crippen LogP contribution in [0.2, 0.25) is 0 Å². The first-order valence-corrected chi connectivity index (χ1v) is 6.18. The Kier molecular flexibility index (Phi) is 3.08. The van der Waals surface area contributed by atoms with Gasteiger partial charge in [0.2, 0.25) is 0 Å². The Bertz CT molecular complexity index is 358. The van der Waals surface area contributed by atoms with E-state index in [9.17, 15) is 0 Å². The van der Waals surface area contributed by atoms with Crippen LogP contribution in [0.4, 0.5) is 11.4 Å². The van der Waals surface area contributed by atoms with Crippen LogP contribution in [0.3, 0.4) is 0 Å². The molecular weight excluding hydrogens is 196 g/mol. The zero-order valence-electron chi connectivity index (χ0n) is 10.3. The summed E-state index contributed by atoms with van der Waals surface area (Å²) < 4.78 is 0. The van der Waals surface area contributed by atoms with E-state index in [1.54, 1.807) is 0 Å². The monoisotopic (exact) mass is 218 g/mol. The van der Waals surface area contributed by atoms with Gasteiger partial charge in [0.1, 0.15) is 0 Å². The Hall–Kier alpha value is -1.18. The Labute approximate surface area is 98.2 Å². The van der Waals surface area contributed by atoms with E-state index in [1.165, 1.54) is 25.7 Å². The molecule has 2 heteroatoms. The average Bonchev–Trinajstić information content (AvgIpc) is 2.20. The van der Waals surface area contributed by atoms with E-state index in [4.69, 9.17) is 5.73 Å². The Morgan fingerprint density at radius 3 is 2.75 bits per heavy atom. The molecule has 0 heterocycles. The zero-order chi connectivity index (χ0) is 11.6. The number of para-hydroxylation sites is 2. The van der Waals surface area contributed by atoms with E-state index < -0.39 is 0 Å². The molecule has 0 aliphatic heterocycles. The summed E-state index contributed by atoms with van der Waals surface area (Å²) >= 11 is 0. The maximum Gasteiger partial charge on any atom is 0.0576 e. The van der Waals surface area contributed by atoms with E-state index in [2.05, 4.69) is 25.2 Å². The molecule has 0 radical (unpaired) electrons. The van der Waals surface area contributed by atoms with Gasteiger partial charge in [0.15, 0.2) is 0 Å². The highest BCUT2D eigenvalue weighted by Crippen LogP contribution is 2.36. The number of benzene rings is 1. The third-order valence-corrected chi connectivity index (χ3v) is 3.53. The van der Waals surface area contributed by atoms with E-state index in [-0.39, 0.29) is 0 Å².